The van der Waals surface area contributed by atoms with Crippen molar-refractivity contribution < 1.29 is 9.47 Å². The fourth-order valence-corrected chi connectivity index (χ4v) is 2.88. The molecule has 0 aliphatic heterocycles. The lowest BCUT2D eigenvalue weighted by Crippen LogP contribution is -2.18. The molecule has 0 aliphatic rings. The Morgan fingerprint density at radius 3 is 2.52 bits per heavy atom. The van der Waals surface area contributed by atoms with Gasteiger partial charge in [0.25, 0.3) is 5.95 Å². The van der Waals surface area contributed by atoms with Crippen molar-refractivity contribution in [3.05, 3.63) is 56.5 Å². The predicted octanol–water partition coefficient (Wildman–Crippen LogP) is 3.55. The summed E-state index contributed by atoms with van der Waals surface area (Å²) in [6, 6.07) is 8.81. The highest BCUT2D eigenvalue weighted by Gasteiger charge is 2.13. The minimum atomic E-state index is 0.148. The third kappa shape index (κ3) is 4.65. The van der Waals surface area contributed by atoms with Gasteiger partial charge in [0.2, 0.25) is 0 Å². The van der Waals surface area contributed by atoms with Crippen molar-refractivity contribution in [3.63, 3.8) is 0 Å². The van der Waals surface area contributed by atoms with Crippen LogP contribution in [0.4, 0.5) is 5.95 Å². The van der Waals surface area contributed by atoms with E-state index in [2.05, 4.69) is 21.0 Å². The summed E-state index contributed by atoms with van der Waals surface area (Å²) in [5.41, 5.74) is 10.2. The van der Waals surface area contributed by atoms with Gasteiger partial charge < -0.3 is 20.6 Å². The lowest BCUT2D eigenvalue weighted by atomic mass is 10.2. The number of anilines is 1. The van der Waals surface area contributed by atoms with Crippen LogP contribution >= 0.6 is 34.8 Å². The third-order valence-electron chi connectivity index (χ3n) is 3.58. The minimum absolute atomic E-state index is 0.148. The van der Waals surface area contributed by atoms with E-state index in [1.54, 1.807) is 24.3 Å². The monoisotopic (exact) mass is 428 g/mol. The molecule has 3 N–H and O–H groups in total. The van der Waals surface area contributed by atoms with Gasteiger partial charge in [0.05, 0.1) is 28.7 Å². The summed E-state index contributed by atoms with van der Waals surface area (Å²) in [4.78, 5) is 1.26. The van der Waals surface area contributed by atoms with Crippen LogP contribution in [0.1, 0.15) is 11.1 Å². The highest BCUT2D eigenvalue weighted by Crippen LogP contribution is 2.37. The van der Waals surface area contributed by atoms with Gasteiger partial charge in [-0.25, -0.2) is 0 Å². The molecule has 3 aromatic rings. The van der Waals surface area contributed by atoms with Crippen molar-refractivity contribution in [2.45, 2.75) is 13.2 Å². The standard InChI is InChI=1S/C16H15Cl3N6O2/c1-26-14-6-10(7-21-25-16(20)22-23-24-25)5-13(19)15(14)27-8-9-2-3-11(17)12(18)4-9/h2-6,21H,7-8H2,1H3,(H2,20,22,24). The van der Waals surface area contributed by atoms with Crippen LogP contribution in [-0.4, -0.2) is 27.4 Å². The topological polar surface area (TPSA) is 100 Å². The zero-order valence-corrected chi connectivity index (χ0v) is 16.4. The van der Waals surface area contributed by atoms with Crippen LogP contribution < -0.4 is 20.6 Å². The molecule has 0 atom stereocenters. The van der Waals surface area contributed by atoms with Crippen molar-refractivity contribution in [1.29, 1.82) is 0 Å². The Hall–Kier alpha value is -2.42. The average molecular weight is 430 g/mol. The number of hydrogen-bond acceptors (Lipinski definition) is 7. The summed E-state index contributed by atoms with van der Waals surface area (Å²) in [6.07, 6.45) is 0. The molecular weight excluding hydrogens is 415 g/mol. The Kier molecular flexibility index (Phi) is 6.10. The van der Waals surface area contributed by atoms with Crippen LogP contribution in [0, 0.1) is 0 Å². The zero-order valence-electron chi connectivity index (χ0n) is 14.1. The number of hydrogen-bond donors (Lipinski definition) is 2. The average Bonchev–Trinajstić information content (AvgIpc) is 3.06. The molecule has 0 amide bonds. The molecule has 8 nitrogen and oxygen atoms in total. The SMILES string of the molecule is COc1cc(CNn2nnnc2N)cc(Cl)c1OCc1ccc(Cl)c(Cl)c1. The maximum Gasteiger partial charge on any atom is 0.260 e. The molecular formula is C16H15Cl3N6O2. The number of halogens is 3. The first-order chi connectivity index (χ1) is 13.0. The van der Waals surface area contributed by atoms with E-state index in [1.807, 2.05) is 6.07 Å². The number of tetrazole rings is 1. The Labute approximate surface area is 170 Å². The van der Waals surface area contributed by atoms with Gasteiger partial charge in [-0.2, -0.15) is 0 Å². The van der Waals surface area contributed by atoms with Gasteiger partial charge in [-0.05, 0) is 45.8 Å². The number of nitrogen functional groups attached to an aromatic ring is 1. The molecule has 1 heterocycles. The van der Waals surface area contributed by atoms with E-state index < -0.39 is 0 Å². The molecule has 0 radical (unpaired) electrons. The lowest BCUT2D eigenvalue weighted by molar-refractivity contribution is 0.284. The van der Waals surface area contributed by atoms with Crippen LogP contribution in [0.3, 0.4) is 0 Å². The summed E-state index contributed by atoms with van der Waals surface area (Å²) >= 11 is 18.3. The first kappa shape index (κ1) is 19.3. The fourth-order valence-electron chi connectivity index (χ4n) is 2.27. The first-order valence-electron chi connectivity index (χ1n) is 7.69. The van der Waals surface area contributed by atoms with Gasteiger partial charge in [0.15, 0.2) is 11.5 Å². The van der Waals surface area contributed by atoms with Crippen molar-refractivity contribution in [2.24, 2.45) is 0 Å². The minimum Gasteiger partial charge on any atom is -0.493 e. The molecule has 0 spiro atoms. The first-order valence-corrected chi connectivity index (χ1v) is 8.82. The molecule has 142 valence electrons. The van der Waals surface area contributed by atoms with Gasteiger partial charge in [0.1, 0.15) is 6.61 Å². The molecule has 0 saturated carbocycles. The van der Waals surface area contributed by atoms with Gasteiger partial charge >= 0.3 is 0 Å². The number of aromatic nitrogens is 4. The molecule has 11 heteroatoms. The van der Waals surface area contributed by atoms with Gasteiger partial charge in [-0.1, -0.05) is 46.0 Å². The van der Waals surface area contributed by atoms with E-state index >= 15 is 0 Å². The Morgan fingerprint density at radius 2 is 1.85 bits per heavy atom. The quantitative estimate of drug-likeness (QED) is 0.592. The van der Waals surface area contributed by atoms with Crippen molar-refractivity contribution >= 4 is 40.8 Å². The smallest absolute Gasteiger partial charge is 0.260 e. The summed E-state index contributed by atoms with van der Waals surface area (Å²) in [6.45, 7) is 0.629. The number of nitrogens with one attached hydrogen (secondary N) is 1. The second kappa shape index (κ2) is 8.51. The Morgan fingerprint density at radius 1 is 1.07 bits per heavy atom. The van der Waals surface area contributed by atoms with Crippen LogP contribution in [0.25, 0.3) is 0 Å². The number of benzene rings is 2. The highest BCUT2D eigenvalue weighted by atomic mass is 35.5. The maximum absolute atomic E-state index is 6.38. The molecule has 2 aromatic carbocycles. The number of methoxy groups -OCH3 is 1. The molecule has 0 aliphatic carbocycles. The largest absolute Gasteiger partial charge is 0.493 e. The highest BCUT2D eigenvalue weighted by molar-refractivity contribution is 6.42. The van der Waals surface area contributed by atoms with E-state index in [9.17, 15) is 0 Å². The van der Waals surface area contributed by atoms with E-state index in [1.165, 1.54) is 11.9 Å². The van der Waals surface area contributed by atoms with Crippen LogP contribution in [0.5, 0.6) is 11.5 Å². The zero-order chi connectivity index (χ0) is 19.4. The van der Waals surface area contributed by atoms with Crippen molar-refractivity contribution in [1.82, 2.24) is 20.3 Å². The molecule has 0 bridgehead atoms. The van der Waals surface area contributed by atoms with E-state index in [-0.39, 0.29) is 12.6 Å². The molecule has 0 unspecified atom stereocenters. The Bertz CT molecular complexity index is 950. The summed E-state index contributed by atoms with van der Waals surface area (Å²) in [7, 11) is 1.54. The van der Waals surface area contributed by atoms with E-state index in [4.69, 9.17) is 50.0 Å². The van der Waals surface area contributed by atoms with Gasteiger partial charge in [-0.15, -0.1) is 4.79 Å². The van der Waals surface area contributed by atoms with Crippen molar-refractivity contribution in [3.8, 4) is 11.5 Å². The lowest BCUT2D eigenvalue weighted by Gasteiger charge is -2.15. The molecule has 0 saturated heterocycles. The van der Waals surface area contributed by atoms with Gasteiger partial charge in [0, 0.05) is 0 Å². The summed E-state index contributed by atoms with van der Waals surface area (Å²) < 4.78 is 11.2. The number of nitrogens with zero attached hydrogens (tertiary/aromatic N) is 4. The van der Waals surface area contributed by atoms with Crippen LogP contribution in [0.15, 0.2) is 30.3 Å². The van der Waals surface area contributed by atoms with E-state index in [0.29, 0.717) is 33.1 Å². The van der Waals surface area contributed by atoms with Crippen molar-refractivity contribution in [2.75, 3.05) is 18.3 Å². The number of ether oxygens (including phenoxy) is 2. The summed E-state index contributed by atoms with van der Waals surface area (Å²) in [5, 5.41) is 12.1. The second-order valence-corrected chi connectivity index (χ2v) is 6.65. The third-order valence-corrected chi connectivity index (χ3v) is 4.60. The predicted molar refractivity (Wildman–Crippen MR) is 104 cm³/mol. The number of rotatable bonds is 7. The summed E-state index contributed by atoms with van der Waals surface area (Å²) in [5.74, 6) is 1.06. The Balaban J connectivity index is 1.73. The molecule has 3 rings (SSSR count). The normalized spacial score (nSPS) is 10.7. The number of nitrogens with two attached hydrogens (primary N) is 1. The van der Waals surface area contributed by atoms with Crippen LogP contribution in [0.2, 0.25) is 15.1 Å². The second-order valence-electron chi connectivity index (χ2n) is 5.43. The van der Waals surface area contributed by atoms with Gasteiger partial charge in [-0.3, -0.25) is 0 Å². The van der Waals surface area contributed by atoms with E-state index in [0.717, 1.165) is 11.1 Å². The maximum atomic E-state index is 6.38. The van der Waals surface area contributed by atoms with Crippen LogP contribution in [-0.2, 0) is 13.2 Å². The molecule has 27 heavy (non-hydrogen) atoms. The fraction of sp³-hybridized carbons (Fsp3) is 0.188. The molecule has 1 aromatic heterocycles. The molecule has 0 fully saturated rings.